The molecule has 0 bridgehead atoms. The first-order valence-electron chi connectivity index (χ1n) is 9.58. The van der Waals surface area contributed by atoms with Crippen LogP contribution in [0.2, 0.25) is 5.02 Å². The maximum absolute atomic E-state index is 12.9. The second-order valence-electron chi connectivity index (χ2n) is 7.39. The fourth-order valence-corrected chi connectivity index (χ4v) is 6.97. The number of nitrogens with zero attached hydrogens (tertiary/aromatic N) is 3. The maximum atomic E-state index is 12.9. The number of halogens is 1. The lowest BCUT2D eigenvalue weighted by Gasteiger charge is -2.07. The summed E-state index contributed by atoms with van der Waals surface area (Å²) in [7, 11) is -3.86. The summed E-state index contributed by atoms with van der Waals surface area (Å²) in [5.41, 5.74) is 1.61. The van der Waals surface area contributed by atoms with Gasteiger partial charge in [0.25, 0.3) is 10.0 Å². The first kappa shape index (κ1) is 23.2. The summed E-state index contributed by atoms with van der Waals surface area (Å²) in [6.07, 6.45) is 0. The molecule has 2 aromatic carbocycles. The second-order valence-corrected chi connectivity index (χ2v) is 12.8. The topological polar surface area (TPSA) is 94.0 Å². The van der Waals surface area contributed by atoms with Gasteiger partial charge in [0, 0.05) is 10.8 Å². The Labute approximate surface area is 202 Å². The van der Waals surface area contributed by atoms with E-state index in [1.54, 1.807) is 34.5 Å². The van der Waals surface area contributed by atoms with Crippen molar-refractivity contribution in [3.05, 3.63) is 62.7 Å². The number of benzene rings is 2. The van der Waals surface area contributed by atoms with E-state index in [-0.39, 0.29) is 14.9 Å². The first-order chi connectivity index (χ1) is 15.2. The van der Waals surface area contributed by atoms with Crippen molar-refractivity contribution in [2.45, 2.75) is 29.6 Å². The molecule has 4 rings (SSSR count). The molecule has 4 aromatic rings. The molecule has 0 fully saturated rings. The summed E-state index contributed by atoms with van der Waals surface area (Å²) in [4.78, 5) is 12.5. The van der Waals surface area contributed by atoms with Gasteiger partial charge in [-0.1, -0.05) is 72.0 Å². The van der Waals surface area contributed by atoms with E-state index in [4.69, 9.17) is 11.6 Å². The summed E-state index contributed by atoms with van der Waals surface area (Å²) >= 11 is 9.68. The standard InChI is InChI=1S/C20H19ClN4O3S4/c1-12(2)11-29-19-23-22-18(31-19)24-32(27,28)15-7-8-16-17(9-15)30-20(26)25(16)10-13-3-5-14(21)6-4-13/h3-9,12H,10-11H2,1-2H3,(H,22,24). The Morgan fingerprint density at radius 3 is 2.59 bits per heavy atom. The molecule has 0 atom stereocenters. The monoisotopic (exact) mass is 526 g/mol. The lowest BCUT2D eigenvalue weighted by Crippen LogP contribution is -2.14. The Hall–Kier alpha value is -1.92. The number of thioether (sulfide) groups is 1. The van der Waals surface area contributed by atoms with Crippen molar-refractivity contribution in [1.29, 1.82) is 0 Å². The van der Waals surface area contributed by atoms with E-state index in [2.05, 4.69) is 28.8 Å². The third-order valence-corrected chi connectivity index (χ3v) is 9.43. The highest BCUT2D eigenvalue weighted by molar-refractivity contribution is 8.01. The highest BCUT2D eigenvalue weighted by Crippen LogP contribution is 2.29. The molecule has 168 valence electrons. The molecule has 2 heterocycles. The molecule has 0 aliphatic carbocycles. The smallest absolute Gasteiger partial charge is 0.294 e. The van der Waals surface area contributed by atoms with Crippen molar-refractivity contribution in [3.63, 3.8) is 0 Å². The minimum absolute atomic E-state index is 0.0662. The van der Waals surface area contributed by atoms with Crippen LogP contribution in [0.15, 0.2) is 56.5 Å². The number of thiazole rings is 1. The van der Waals surface area contributed by atoms with E-state index in [0.717, 1.165) is 22.7 Å². The second kappa shape index (κ2) is 9.52. The zero-order valence-corrected chi connectivity index (χ0v) is 21.1. The van der Waals surface area contributed by atoms with Crippen LogP contribution in [-0.2, 0) is 16.6 Å². The van der Waals surface area contributed by atoms with Crippen LogP contribution in [0.25, 0.3) is 10.2 Å². The first-order valence-corrected chi connectivity index (χ1v) is 14.1. The van der Waals surface area contributed by atoms with Crippen molar-refractivity contribution in [1.82, 2.24) is 14.8 Å². The highest BCUT2D eigenvalue weighted by atomic mass is 35.5. The van der Waals surface area contributed by atoms with Gasteiger partial charge in [-0.05, 0) is 41.8 Å². The third-order valence-electron chi connectivity index (χ3n) is 4.37. The number of aromatic nitrogens is 3. The van der Waals surface area contributed by atoms with Crippen LogP contribution in [0.3, 0.4) is 0 Å². The van der Waals surface area contributed by atoms with Gasteiger partial charge in [-0.15, -0.1) is 10.2 Å². The van der Waals surface area contributed by atoms with Gasteiger partial charge in [-0.2, -0.15) is 0 Å². The van der Waals surface area contributed by atoms with Gasteiger partial charge in [0.05, 0.1) is 21.7 Å². The predicted molar refractivity (Wildman–Crippen MR) is 133 cm³/mol. The van der Waals surface area contributed by atoms with Gasteiger partial charge < -0.3 is 0 Å². The van der Waals surface area contributed by atoms with Gasteiger partial charge in [0.2, 0.25) is 5.13 Å². The molecule has 0 aliphatic heterocycles. The average molecular weight is 527 g/mol. The predicted octanol–water partition coefficient (Wildman–Crippen LogP) is 5.17. The molecule has 32 heavy (non-hydrogen) atoms. The zero-order chi connectivity index (χ0) is 22.9. The molecule has 12 heteroatoms. The van der Waals surface area contributed by atoms with E-state index in [1.807, 2.05) is 12.1 Å². The van der Waals surface area contributed by atoms with Crippen LogP contribution < -0.4 is 9.60 Å². The maximum Gasteiger partial charge on any atom is 0.308 e. The average Bonchev–Trinajstić information content (AvgIpc) is 3.31. The van der Waals surface area contributed by atoms with Gasteiger partial charge in [0.1, 0.15) is 0 Å². The van der Waals surface area contributed by atoms with E-state index < -0.39 is 10.0 Å². The Bertz CT molecular complexity index is 1410. The minimum atomic E-state index is -3.86. The van der Waals surface area contributed by atoms with E-state index in [1.165, 1.54) is 23.5 Å². The lowest BCUT2D eigenvalue weighted by molar-refractivity contribution is 0.601. The molecular formula is C20H19ClN4O3S4. The Morgan fingerprint density at radius 1 is 1.12 bits per heavy atom. The normalized spacial score (nSPS) is 12.0. The molecule has 0 aliphatic rings. The Balaban J connectivity index is 1.57. The van der Waals surface area contributed by atoms with Gasteiger partial charge in [0.15, 0.2) is 4.34 Å². The molecule has 0 unspecified atom stereocenters. The molecule has 1 N–H and O–H groups in total. The van der Waals surface area contributed by atoms with Crippen molar-refractivity contribution < 1.29 is 8.42 Å². The zero-order valence-electron chi connectivity index (χ0n) is 17.1. The minimum Gasteiger partial charge on any atom is -0.294 e. The number of sulfonamides is 1. The molecule has 0 radical (unpaired) electrons. The number of anilines is 1. The van der Waals surface area contributed by atoms with Crippen LogP contribution in [0, 0.1) is 5.92 Å². The number of nitrogens with one attached hydrogen (secondary N) is 1. The number of fused-ring (bicyclic) bond motifs is 1. The number of rotatable bonds is 8. The molecule has 2 aromatic heterocycles. The molecule has 0 spiro atoms. The van der Waals surface area contributed by atoms with E-state index in [0.29, 0.717) is 32.0 Å². The SMILES string of the molecule is CC(C)CSc1nnc(NS(=O)(=O)c2ccc3c(c2)sc(=O)n3Cc2ccc(Cl)cc2)s1. The van der Waals surface area contributed by atoms with Crippen molar-refractivity contribution >= 4 is 71.4 Å². The van der Waals surface area contributed by atoms with E-state index >= 15 is 0 Å². The number of hydrogen-bond donors (Lipinski definition) is 1. The van der Waals surface area contributed by atoms with E-state index in [9.17, 15) is 13.2 Å². The summed E-state index contributed by atoms with van der Waals surface area (Å²) in [6.45, 7) is 4.58. The molecule has 7 nitrogen and oxygen atoms in total. The third kappa shape index (κ3) is 5.34. The van der Waals surface area contributed by atoms with Crippen LogP contribution in [0.4, 0.5) is 5.13 Å². The van der Waals surface area contributed by atoms with Gasteiger partial charge >= 0.3 is 4.87 Å². The lowest BCUT2D eigenvalue weighted by atomic mass is 10.2. The summed E-state index contributed by atoms with van der Waals surface area (Å²) < 4.78 is 31.1. The molecular weight excluding hydrogens is 508 g/mol. The molecule has 0 saturated carbocycles. The van der Waals surface area contributed by atoms with Crippen molar-refractivity contribution in [2.75, 3.05) is 10.5 Å². The summed E-state index contributed by atoms with van der Waals surface area (Å²) in [5, 5.41) is 8.80. The van der Waals surface area contributed by atoms with Gasteiger partial charge in [-0.3, -0.25) is 14.1 Å². The fraction of sp³-hybridized carbons (Fsp3) is 0.250. The van der Waals surface area contributed by atoms with Crippen molar-refractivity contribution in [2.24, 2.45) is 5.92 Å². The van der Waals surface area contributed by atoms with Crippen LogP contribution >= 0.6 is 46.0 Å². The van der Waals surface area contributed by atoms with Crippen LogP contribution in [0.5, 0.6) is 0 Å². The van der Waals surface area contributed by atoms with Crippen molar-refractivity contribution in [3.8, 4) is 0 Å². The Morgan fingerprint density at radius 2 is 1.88 bits per heavy atom. The quantitative estimate of drug-likeness (QED) is 0.318. The highest BCUT2D eigenvalue weighted by Gasteiger charge is 2.19. The molecule has 0 saturated heterocycles. The molecule has 0 amide bonds. The van der Waals surface area contributed by atoms with Crippen LogP contribution in [0.1, 0.15) is 19.4 Å². The fourth-order valence-electron chi connectivity index (χ4n) is 2.86. The van der Waals surface area contributed by atoms with Crippen LogP contribution in [-0.4, -0.2) is 28.9 Å². The Kier molecular flexibility index (Phi) is 6.91. The summed E-state index contributed by atoms with van der Waals surface area (Å²) in [6, 6.07) is 11.9. The largest absolute Gasteiger partial charge is 0.308 e. The summed E-state index contributed by atoms with van der Waals surface area (Å²) in [5.74, 6) is 1.37. The number of hydrogen-bond acceptors (Lipinski definition) is 8. The van der Waals surface area contributed by atoms with Gasteiger partial charge in [-0.25, -0.2) is 8.42 Å².